The largest absolute Gasteiger partial charge is 0.481 e. The van der Waals surface area contributed by atoms with E-state index in [4.69, 9.17) is 4.74 Å². The van der Waals surface area contributed by atoms with E-state index in [2.05, 4.69) is 6.58 Å². The lowest BCUT2D eigenvalue weighted by Crippen LogP contribution is -2.50. The highest BCUT2D eigenvalue weighted by molar-refractivity contribution is 5.86. The minimum Gasteiger partial charge on any atom is -0.481 e. The molecule has 8 atom stereocenters. The second-order valence-electron chi connectivity index (χ2n) is 8.94. The predicted octanol–water partition coefficient (Wildman–Crippen LogP) is 1.03. The Morgan fingerprint density at radius 1 is 1.44 bits per heavy atom. The summed E-state index contributed by atoms with van der Waals surface area (Å²) in [5.41, 5.74) is -3.29. The third-order valence-corrected chi connectivity index (χ3v) is 8.12. The smallest absolute Gasteiger partial charge is 0.316 e. The van der Waals surface area contributed by atoms with Gasteiger partial charge in [0.25, 0.3) is 0 Å². The van der Waals surface area contributed by atoms with Gasteiger partial charge in [-0.05, 0) is 49.7 Å². The third kappa shape index (κ3) is 1.36. The van der Waals surface area contributed by atoms with Gasteiger partial charge < -0.3 is 20.1 Å². The molecule has 1 spiro atoms. The van der Waals surface area contributed by atoms with Crippen molar-refractivity contribution in [1.29, 1.82) is 0 Å². The second-order valence-corrected chi connectivity index (χ2v) is 8.94. The highest BCUT2D eigenvalue weighted by Gasteiger charge is 2.83. The van der Waals surface area contributed by atoms with Crippen LogP contribution in [0.4, 0.5) is 0 Å². The van der Waals surface area contributed by atoms with Crippen molar-refractivity contribution in [2.75, 3.05) is 0 Å². The molecule has 3 N–H and O–H groups in total. The van der Waals surface area contributed by atoms with Crippen molar-refractivity contribution in [2.24, 2.45) is 28.6 Å². The number of aliphatic carboxylic acids is 1. The van der Waals surface area contributed by atoms with Crippen molar-refractivity contribution in [3.8, 4) is 0 Å². The number of hydrogen-bond donors (Lipinski definition) is 3. The Labute approximate surface area is 145 Å². The number of aliphatic hydroxyl groups excluding tert-OH is 1. The summed E-state index contributed by atoms with van der Waals surface area (Å²) in [5.74, 6) is -3.18. The Bertz CT molecular complexity index is 772. The Balaban J connectivity index is 1.78. The number of fused-ring (bicyclic) bond motifs is 1. The molecular formula is C19H22O6. The van der Waals surface area contributed by atoms with E-state index in [1.807, 2.05) is 0 Å². The van der Waals surface area contributed by atoms with E-state index in [1.54, 1.807) is 19.1 Å². The Morgan fingerprint density at radius 3 is 2.84 bits per heavy atom. The highest BCUT2D eigenvalue weighted by atomic mass is 16.6. The van der Waals surface area contributed by atoms with E-state index in [0.29, 0.717) is 31.3 Å². The molecule has 0 aromatic rings. The zero-order chi connectivity index (χ0) is 18.0. The van der Waals surface area contributed by atoms with E-state index >= 15 is 0 Å². The summed E-state index contributed by atoms with van der Waals surface area (Å²) in [4.78, 5) is 25.1. The molecule has 25 heavy (non-hydrogen) atoms. The van der Waals surface area contributed by atoms with Gasteiger partial charge in [-0.25, -0.2) is 0 Å². The molecule has 0 aromatic carbocycles. The molecule has 5 aliphatic rings. The summed E-state index contributed by atoms with van der Waals surface area (Å²) in [6.07, 6.45) is 4.11. The topological polar surface area (TPSA) is 104 Å². The minimum atomic E-state index is -1.27. The Morgan fingerprint density at radius 2 is 2.16 bits per heavy atom. The van der Waals surface area contributed by atoms with E-state index in [-0.39, 0.29) is 5.92 Å². The first kappa shape index (κ1) is 15.6. The summed E-state index contributed by atoms with van der Waals surface area (Å²) in [7, 11) is 0. The van der Waals surface area contributed by atoms with Gasteiger partial charge in [0.1, 0.15) is 11.0 Å². The zero-order valence-corrected chi connectivity index (χ0v) is 14.1. The molecule has 6 nitrogen and oxygen atoms in total. The van der Waals surface area contributed by atoms with Gasteiger partial charge in [-0.2, -0.15) is 0 Å². The van der Waals surface area contributed by atoms with E-state index in [9.17, 15) is 24.9 Å². The summed E-state index contributed by atoms with van der Waals surface area (Å²) < 4.78 is 5.87. The van der Waals surface area contributed by atoms with Crippen LogP contribution in [0, 0.1) is 28.6 Å². The highest BCUT2D eigenvalue weighted by Crippen LogP contribution is 2.77. The molecule has 6 heteroatoms. The number of carbonyl (C=O) groups is 2. The van der Waals surface area contributed by atoms with Crippen LogP contribution in [0.2, 0.25) is 0 Å². The lowest BCUT2D eigenvalue weighted by atomic mass is 9.61. The number of ether oxygens (including phenoxy) is 1. The van der Waals surface area contributed by atoms with Crippen LogP contribution in [-0.4, -0.2) is 44.6 Å². The van der Waals surface area contributed by atoms with Crippen molar-refractivity contribution < 1.29 is 29.6 Å². The van der Waals surface area contributed by atoms with Gasteiger partial charge in [-0.15, -0.1) is 0 Å². The van der Waals surface area contributed by atoms with E-state index in [1.165, 1.54) is 0 Å². The summed E-state index contributed by atoms with van der Waals surface area (Å²) in [6, 6.07) is 0. The third-order valence-electron chi connectivity index (χ3n) is 8.12. The molecule has 0 radical (unpaired) electrons. The van der Waals surface area contributed by atoms with Crippen LogP contribution in [0.3, 0.4) is 0 Å². The van der Waals surface area contributed by atoms with Crippen LogP contribution >= 0.6 is 0 Å². The molecule has 0 unspecified atom stereocenters. The second kappa shape index (κ2) is 4.01. The first-order valence-corrected chi connectivity index (χ1v) is 8.86. The van der Waals surface area contributed by atoms with Gasteiger partial charge in [-0.3, -0.25) is 9.59 Å². The van der Waals surface area contributed by atoms with E-state index < -0.39 is 51.9 Å². The fourth-order valence-electron chi connectivity index (χ4n) is 7.13. The fraction of sp³-hybridized carbons (Fsp3) is 0.684. The maximum atomic E-state index is 12.7. The van der Waals surface area contributed by atoms with Crippen molar-refractivity contribution in [1.82, 2.24) is 0 Å². The molecule has 4 aliphatic carbocycles. The van der Waals surface area contributed by atoms with Gasteiger partial charge in [-0.1, -0.05) is 12.7 Å². The Hall–Kier alpha value is -1.66. The molecule has 1 heterocycles. The minimum absolute atomic E-state index is 0.180. The quantitative estimate of drug-likeness (QED) is 0.484. The maximum Gasteiger partial charge on any atom is 0.316 e. The molecule has 3 saturated carbocycles. The van der Waals surface area contributed by atoms with Crippen LogP contribution in [0.25, 0.3) is 0 Å². The molecule has 0 amide bonds. The number of carboxylic acid groups (broad SMARTS) is 1. The number of aliphatic hydroxyl groups is 2. The molecule has 1 saturated heterocycles. The van der Waals surface area contributed by atoms with Gasteiger partial charge in [0.2, 0.25) is 0 Å². The zero-order valence-electron chi connectivity index (χ0n) is 14.1. The first-order chi connectivity index (χ1) is 11.6. The summed E-state index contributed by atoms with van der Waals surface area (Å²) in [5, 5.41) is 31.6. The van der Waals surface area contributed by atoms with Gasteiger partial charge >= 0.3 is 11.9 Å². The lowest BCUT2D eigenvalue weighted by Gasteiger charge is -2.44. The number of esters is 1. The van der Waals surface area contributed by atoms with Gasteiger partial charge in [0.05, 0.1) is 17.6 Å². The molecule has 0 aromatic heterocycles. The average molecular weight is 346 g/mol. The number of carbonyl (C=O) groups excluding carboxylic acids is 1. The SMILES string of the molecule is C=C1C[C@]23C[C@@]1(O)CC[C@H]2[C@@]12C=C[C@H](O)[C@@](C)(C(=O)O1)[C@@H]2[C@@H]3C(=O)O. The Kier molecular flexibility index (Phi) is 2.50. The van der Waals surface area contributed by atoms with Crippen molar-refractivity contribution in [3.05, 3.63) is 24.3 Å². The molecule has 1 aliphatic heterocycles. The standard InChI is InChI=1S/C19H22O6/c1-9-7-17-8-18(9,24)5-3-10(17)19-6-4-11(20)16(2,15(23)25-19)13(19)12(17)14(21)22/h4,6,10-13,20,24H,1,3,5,7-8H2,2H3,(H,21,22)/t10-,11+,12-,13+,16-,17+,18+,19-/m1/s1. The summed E-state index contributed by atoms with van der Waals surface area (Å²) >= 11 is 0. The maximum absolute atomic E-state index is 12.7. The van der Waals surface area contributed by atoms with Gasteiger partial charge in [0, 0.05) is 11.8 Å². The monoisotopic (exact) mass is 346 g/mol. The summed E-state index contributed by atoms with van der Waals surface area (Å²) in [6.45, 7) is 5.64. The van der Waals surface area contributed by atoms with Crippen LogP contribution in [0.15, 0.2) is 24.3 Å². The number of rotatable bonds is 1. The molecule has 4 fully saturated rings. The predicted molar refractivity (Wildman–Crippen MR) is 85.2 cm³/mol. The van der Waals surface area contributed by atoms with Gasteiger partial charge in [0.15, 0.2) is 0 Å². The lowest BCUT2D eigenvalue weighted by molar-refractivity contribution is -0.163. The molecule has 4 bridgehead atoms. The number of hydrogen-bond acceptors (Lipinski definition) is 5. The van der Waals surface area contributed by atoms with Crippen LogP contribution in [-0.2, 0) is 14.3 Å². The van der Waals surface area contributed by atoms with Crippen molar-refractivity contribution in [2.45, 2.75) is 49.9 Å². The fourth-order valence-corrected chi connectivity index (χ4v) is 7.13. The van der Waals surface area contributed by atoms with Crippen LogP contribution in [0.1, 0.15) is 32.6 Å². The van der Waals surface area contributed by atoms with E-state index in [0.717, 1.165) is 0 Å². The molecular weight excluding hydrogens is 324 g/mol. The molecule has 134 valence electrons. The first-order valence-electron chi connectivity index (χ1n) is 8.86. The normalized spacial score (nSPS) is 58.0. The van der Waals surface area contributed by atoms with Crippen molar-refractivity contribution in [3.63, 3.8) is 0 Å². The van der Waals surface area contributed by atoms with Crippen LogP contribution in [0.5, 0.6) is 0 Å². The van der Waals surface area contributed by atoms with Crippen molar-refractivity contribution >= 4 is 11.9 Å². The average Bonchev–Trinajstić information content (AvgIpc) is 2.95. The number of carboxylic acids is 1. The molecule has 5 rings (SSSR count). The van der Waals surface area contributed by atoms with Crippen LogP contribution < -0.4 is 0 Å².